The topological polar surface area (TPSA) is 304 Å². The molecule has 2 fully saturated rings. The van der Waals surface area contributed by atoms with Crippen molar-refractivity contribution in [3.8, 4) is 0 Å². The standard InChI is InChI=1S/C32H54N8O11S/c1-16(2)24(28(46)36-20(15-41)32(50)51)37-26(44)19(9-10-23(34)43)35-29(47)25(17(3)42)38-27(45)21-7-5-12-39(21)31(49)22-8-6-13-40(22)30(48)18(33)11-14-52-4/h16-22,24-25,41-42H,5-15,33H2,1-4H3,(H2,34,43)(H,35,47)(H,36,46)(H,37,44)(H,38,45)(H,50,51)/t17-,18+,19+,20+,21+,22+,24+,25+/m1/s1. The highest BCUT2D eigenvalue weighted by molar-refractivity contribution is 7.98. The maximum absolute atomic E-state index is 13.7. The number of carbonyl (C=O) groups excluding carboxylic acids is 7. The fraction of sp³-hybridized carbons (Fsp3) is 0.750. The highest BCUT2D eigenvalue weighted by Crippen LogP contribution is 2.26. The van der Waals surface area contributed by atoms with Crippen LogP contribution in [0.1, 0.15) is 65.7 Å². The van der Waals surface area contributed by atoms with Crippen molar-refractivity contribution in [3.05, 3.63) is 0 Å². The van der Waals surface area contributed by atoms with Crippen LogP contribution >= 0.6 is 11.8 Å². The Balaban J connectivity index is 2.20. The van der Waals surface area contributed by atoms with Crippen LogP contribution in [0.3, 0.4) is 0 Å². The van der Waals surface area contributed by atoms with Crippen LogP contribution < -0.4 is 32.7 Å². The van der Waals surface area contributed by atoms with E-state index < -0.39 is 102 Å². The lowest BCUT2D eigenvalue weighted by Gasteiger charge is -2.33. The summed E-state index contributed by atoms with van der Waals surface area (Å²) in [4.78, 5) is 106. The molecule has 0 unspecified atom stereocenters. The number of rotatable bonds is 20. The molecule has 7 amide bonds. The van der Waals surface area contributed by atoms with Gasteiger partial charge in [0.2, 0.25) is 41.4 Å². The van der Waals surface area contributed by atoms with E-state index in [9.17, 15) is 53.7 Å². The van der Waals surface area contributed by atoms with Crippen molar-refractivity contribution in [1.29, 1.82) is 0 Å². The van der Waals surface area contributed by atoms with Crippen molar-refractivity contribution in [1.82, 2.24) is 31.1 Å². The third-order valence-electron chi connectivity index (χ3n) is 9.03. The normalized spacial score (nSPS) is 20.6. The third-order valence-corrected chi connectivity index (χ3v) is 9.67. The number of carboxylic acid groups (broad SMARTS) is 1. The maximum Gasteiger partial charge on any atom is 0.328 e. The molecular formula is C32H54N8O11S. The number of aliphatic carboxylic acids is 1. The first-order chi connectivity index (χ1) is 24.4. The van der Waals surface area contributed by atoms with Gasteiger partial charge in [0, 0.05) is 19.5 Å². The molecule has 20 heteroatoms. The van der Waals surface area contributed by atoms with Crippen LogP contribution in [0.5, 0.6) is 0 Å². The van der Waals surface area contributed by atoms with Crippen LogP contribution in [0.4, 0.5) is 0 Å². The summed E-state index contributed by atoms with van der Waals surface area (Å²) >= 11 is 1.55. The van der Waals surface area contributed by atoms with Gasteiger partial charge in [-0.25, -0.2) is 4.79 Å². The van der Waals surface area contributed by atoms with Crippen LogP contribution in [0.15, 0.2) is 0 Å². The number of carbonyl (C=O) groups is 8. The predicted molar refractivity (Wildman–Crippen MR) is 188 cm³/mol. The van der Waals surface area contributed by atoms with Gasteiger partial charge in [-0.2, -0.15) is 11.8 Å². The number of amides is 7. The molecule has 2 aliphatic rings. The highest BCUT2D eigenvalue weighted by Gasteiger charge is 2.44. The van der Waals surface area contributed by atoms with Crippen molar-refractivity contribution in [2.75, 3.05) is 31.7 Å². The summed E-state index contributed by atoms with van der Waals surface area (Å²) in [7, 11) is 0. The van der Waals surface area contributed by atoms with E-state index in [1.54, 1.807) is 25.6 Å². The van der Waals surface area contributed by atoms with Gasteiger partial charge < -0.3 is 57.9 Å². The first-order valence-corrected chi connectivity index (χ1v) is 18.7. The first kappa shape index (κ1) is 44.2. The number of nitrogens with zero attached hydrogens (tertiary/aromatic N) is 2. The summed E-state index contributed by atoms with van der Waals surface area (Å²) in [5.74, 6) is -6.64. The average Bonchev–Trinajstić information content (AvgIpc) is 3.78. The van der Waals surface area contributed by atoms with Crippen LogP contribution in [0, 0.1) is 5.92 Å². The second-order valence-electron chi connectivity index (χ2n) is 13.4. The number of aliphatic hydroxyl groups excluding tert-OH is 2. The summed E-state index contributed by atoms with van der Waals surface area (Å²) in [6.45, 7) is 4.00. The summed E-state index contributed by atoms with van der Waals surface area (Å²) in [5, 5.41) is 38.4. The Morgan fingerprint density at radius 3 is 1.92 bits per heavy atom. The van der Waals surface area contributed by atoms with Gasteiger partial charge in [0.1, 0.15) is 36.3 Å². The number of thioether (sulfide) groups is 1. The lowest BCUT2D eigenvalue weighted by atomic mass is 10.0. The molecule has 0 aliphatic carbocycles. The molecule has 0 aromatic heterocycles. The fourth-order valence-corrected chi connectivity index (χ4v) is 6.56. The maximum atomic E-state index is 13.7. The first-order valence-electron chi connectivity index (χ1n) is 17.3. The smallest absolute Gasteiger partial charge is 0.328 e. The molecule has 0 aromatic carbocycles. The van der Waals surface area contributed by atoms with Crippen LogP contribution in [0.2, 0.25) is 0 Å². The lowest BCUT2D eigenvalue weighted by molar-refractivity contribution is -0.147. The zero-order chi connectivity index (χ0) is 39.3. The van der Waals surface area contributed by atoms with Gasteiger partial charge in [-0.15, -0.1) is 0 Å². The van der Waals surface area contributed by atoms with Gasteiger partial charge in [0.15, 0.2) is 0 Å². The quantitative estimate of drug-likeness (QED) is 0.0580. The number of likely N-dealkylation sites (tertiary alicyclic amines) is 2. The lowest BCUT2D eigenvalue weighted by Crippen LogP contribution is -2.61. The van der Waals surface area contributed by atoms with Gasteiger partial charge in [-0.3, -0.25) is 33.6 Å². The number of hydrogen-bond acceptors (Lipinski definition) is 12. The van der Waals surface area contributed by atoms with Gasteiger partial charge >= 0.3 is 5.97 Å². The molecule has 2 rings (SSSR count). The molecule has 11 N–H and O–H groups in total. The third kappa shape index (κ3) is 12.3. The SMILES string of the molecule is CSCC[C@H](N)C(=O)N1CCC[C@H]1C(=O)N1CCC[C@H]1C(=O)N[C@H](C(=O)N[C@@H](CCC(N)=O)C(=O)N[C@H](C(=O)N[C@@H](CO)C(=O)O)C(C)C)[C@@H](C)O. The molecule has 2 heterocycles. The van der Waals surface area contributed by atoms with Gasteiger partial charge in [0.05, 0.1) is 18.8 Å². The van der Waals surface area contributed by atoms with Crippen molar-refractivity contribution in [3.63, 3.8) is 0 Å². The molecular weight excluding hydrogens is 704 g/mol. The van der Waals surface area contributed by atoms with Gasteiger partial charge in [-0.1, -0.05) is 13.8 Å². The van der Waals surface area contributed by atoms with Crippen LogP contribution in [0.25, 0.3) is 0 Å². The Morgan fingerprint density at radius 2 is 1.38 bits per heavy atom. The second kappa shape index (κ2) is 20.9. The number of aliphatic hydroxyl groups is 2. The molecule has 294 valence electrons. The second-order valence-corrected chi connectivity index (χ2v) is 14.4. The summed E-state index contributed by atoms with van der Waals surface area (Å²) in [5.41, 5.74) is 11.4. The summed E-state index contributed by atoms with van der Waals surface area (Å²) in [6, 6.07) is -8.68. The van der Waals surface area contributed by atoms with E-state index in [4.69, 9.17) is 11.5 Å². The molecule has 0 bridgehead atoms. The van der Waals surface area contributed by atoms with Crippen LogP contribution in [-0.2, 0) is 38.4 Å². The number of nitrogens with two attached hydrogens (primary N) is 2. The molecule has 0 spiro atoms. The van der Waals surface area contributed by atoms with Crippen LogP contribution in [-0.4, -0.2) is 153 Å². The zero-order valence-electron chi connectivity index (χ0n) is 30.0. The Labute approximate surface area is 306 Å². The Morgan fingerprint density at radius 1 is 0.808 bits per heavy atom. The summed E-state index contributed by atoms with van der Waals surface area (Å²) < 4.78 is 0. The minimum absolute atomic E-state index is 0.227. The molecule has 8 atom stereocenters. The fourth-order valence-electron chi connectivity index (χ4n) is 6.07. The molecule has 19 nitrogen and oxygen atoms in total. The highest BCUT2D eigenvalue weighted by atomic mass is 32.2. The summed E-state index contributed by atoms with van der Waals surface area (Å²) in [6.07, 6.45) is 1.84. The minimum atomic E-state index is -1.65. The predicted octanol–water partition coefficient (Wildman–Crippen LogP) is -3.63. The molecule has 0 radical (unpaired) electrons. The van der Waals surface area contributed by atoms with Crippen molar-refractivity contribution in [2.45, 2.75) is 114 Å². The number of primary amides is 1. The van der Waals surface area contributed by atoms with Crippen molar-refractivity contribution >= 4 is 59.1 Å². The Hall–Kier alpha value is -4.01. The van der Waals surface area contributed by atoms with E-state index in [0.29, 0.717) is 38.0 Å². The molecule has 52 heavy (non-hydrogen) atoms. The molecule has 0 saturated carbocycles. The molecule has 2 aliphatic heterocycles. The Bertz CT molecular complexity index is 1320. The number of nitrogens with one attached hydrogen (secondary N) is 4. The number of hydrogen-bond donors (Lipinski definition) is 9. The van der Waals surface area contributed by atoms with E-state index in [2.05, 4.69) is 21.3 Å². The van der Waals surface area contributed by atoms with Gasteiger partial charge in [0.25, 0.3) is 0 Å². The van der Waals surface area contributed by atoms with E-state index >= 15 is 0 Å². The van der Waals surface area contributed by atoms with E-state index in [1.807, 2.05) is 6.26 Å². The van der Waals surface area contributed by atoms with Crippen molar-refractivity contribution < 1.29 is 53.7 Å². The zero-order valence-corrected chi connectivity index (χ0v) is 30.9. The minimum Gasteiger partial charge on any atom is -0.480 e. The van der Waals surface area contributed by atoms with E-state index in [0.717, 1.165) is 0 Å². The van der Waals surface area contributed by atoms with E-state index in [-0.39, 0.29) is 31.7 Å². The van der Waals surface area contributed by atoms with Crippen molar-refractivity contribution in [2.24, 2.45) is 17.4 Å². The molecule has 2 saturated heterocycles. The largest absolute Gasteiger partial charge is 0.480 e. The van der Waals surface area contributed by atoms with E-state index in [1.165, 1.54) is 16.7 Å². The van der Waals surface area contributed by atoms with Gasteiger partial charge in [-0.05, 0) is 63.4 Å². The average molecular weight is 759 g/mol. The Kier molecular flexibility index (Phi) is 17.7. The molecule has 0 aromatic rings. The monoisotopic (exact) mass is 758 g/mol. The number of carboxylic acids is 1.